The number of aromatic nitrogens is 2. The molecule has 106 valence electrons. The van der Waals surface area contributed by atoms with Gasteiger partial charge in [-0.25, -0.2) is 5.48 Å². The first-order valence-corrected chi connectivity index (χ1v) is 6.34. The van der Waals surface area contributed by atoms with E-state index in [1.165, 1.54) is 10.7 Å². The smallest absolute Gasteiger partial charge is 0.293 e. The highest BCUT2D eigenvalue weighted by Gasteiger charge is 2.12. The molecule has 0 bridgehead atoms. The number of carbonyl (C=O) groups is 1. The van der Waals surface area contributed by atoms with Crippen molar-refractivity contribution in [3.63, 3.8) is 0 Å². The van der Waals surface area contributed by atoms with E-state index in [2.05, 4.69) is 10.6 Å². The molecule has 0 aliphatic heterocycles. The van der Waals surface area contributed by atoms with E-state index in [0.717, 1.165) is 5.75 Å². The minimum Gasteiger partial charge on any atom is -0.491 e. The molecule has 6 nitrogen and oxygen atoms in total. The first kappa shape index (κ1) is 14.4. The van der Waals surface area contributed by atoms with Gasteiger partial charge in [0.1, 0.15) is 24.7 Å². The highest BCUT2D eigenvalue weighted by atomic mass is 35.5. The molecule has 0 radical (unpaired) electrons. The molecule has 0 saturated heterocycles. The molecule has 0 fully saturated rings. The van der Waals surface area contributed by atoms with E-state index in [-0.39, 0.29) is 11.8 Å². The van der Waals surface area contributed by atoms with Crippen LogP contribution in [0.2, 0.25) is 5.15 Å². The normalized spacial score (nSPS) is 10.3. The number of nitrogens with one attached hydrogen (secondary N) is 1. The zero-order valence-corrected chi connectivity index (χ0v) is 11.6. The Bertz CT molecular complexity index is 571. The third kappa shape index (κ3) is 3.97. The average Bonchev–Trinajstić information content (AvgIpc) is 2.78. The minimum atomic E-state index is -0.411. The highest BCUT2D eigenvalue weighted by Crippen LogP contribution is 2.08. The summed E-state index contributed by atoms with van der Waals surface area (Å²) in [5.41, 5.74) is 2.62. The molecule has 20 heavy (non-hydrogen) atoms. The van der Waals surface area contributed by atoms with Crippen molar-refractivity contribution < 1.29 is 14.4 Å². The van der Waals surface area contributed by atoms with Gasteiger partial charge in [0, 0.05) is 13.1 Å². The van der Waals surface area contributed by atoms with Gasteiger partial charge in [0.25, 0.3) is 5.91 Å². The molecule has 1 aromatic heterocycles. The molecule has 2 aromatic rings. The average molecular weight is 296 g/mol. The number of carbonyl (C=O) groups excluding carboxylic acids is 1. The summed E-state index contributed by atoms with van der Waals surface area (Å²) in [6.07, 6.45) is 0. The van der Waals surface area contributed by atoms with E-state index in [9.17, 15) is 4.79 Å². The molecule has 7 heteroatoms. The van der Waals surface area contributed by atoms with Gasteiger partial charge in [-0.15, -0.1) is 0 Å². The maximum absolute atomic E-state index is 11.7. The van der Waals surface area contributed by atoms with Crippen molar-refractivity contribution in [3.05, 3.63) is 47.2 Å². The van der Waals surface area contributed by atoms with E-state index in [1.54, 1.807) is 7.05 Å². The summed E-state index contributed by atoms with van der Waals surface area (Å²) in [4.78, 5) is 16.7. The van der Waals surface area contributed by atoms with Gasteiger partial charge < -0.3 is 4.74 Å². The third-order valence-corrected chi connectivity index (χ3v) is 2.63. The number of nitrogens with zero attached hydrogens (tertiary/aromatic N) is 2. The quantitative estimate of drug-likeness (QED) is 0.652. The summed E-state index contributed by atoms with van der Waals surface area (Å²) in [6, 6.07) is 10.8. The van der Waals surface area contributed by atoms with Gasteiger partial charge in [-0.05, 0) is 12.1 Å². The Morgan fingerprint density at radius 2 is 2.10 bits per heavy atom. The van der Waals surface area contributed by atoms with Crippen LogP contribution < -0.4 is 10.2 Å². The number of hydrogen-bond donors (Lipinski definition) is 1. The van der Waals surface area contributed by atoms with Gasteiger partial charge in [-0.2, -0.15) is 5.10 Å². The number of benzene rings is 1. The second kappa shape index (κ2) is 6.93. The van der Waals surface area contributed by atoms with Crippen molar-refractivity contribution in [2.75, 3.05) is 13.2 Å². The zero-order chi connectivity index (χ0) is 14.4. The maximum atomic E-state index is 11.7. The maximum Gasteiger partial charge on any atom is 0.293 e. The molecule has 0 aliphatic rings. The fourth-order valence-electron chi connectivity index (χ4n) is 1.53. The lowest BCUT2D eigenvalue weighted by Gasteiger charge is -2.07. The van der Waals surface area contributed by atoms with Crippen LogP contribution in [0.4, 0.5) is 0 Å². The summed E-state index contributed by atoms with van der Waals surface area (Å²) in [6.45, 7) is 0.558. The summed E-state index contributed by atoms with van der Waals surface area (Å²) >= 11 is 5.69. The van der Waals surface area contributed by atoms with Crippen LogP contribution in [0.25, 0.3) is 0 Å². The predicted octanol–water partition coefficient (Wildman–Crippen LogP) is 1.81. The molecule has 1 amide bonds. The fraction of sp³-hybridized carbons (Fsp3) is 0.231. The summed E-state index contributed by atoms with van der Waals surface area (Å²) in [5, 5.41) is 4.11. The number of rotatable bonds is 6. The molecule has 1 heterocycles. The van der Waals surface area contributed by atoms with Crippen molar-refractivity contribution in [1.82, 2.24) is 15.3 Å². The number of halogens is 1. The standard InChI is InChI=1S/C13H14ClN3O3/c1-17-11(9-12(14)15-17)13(18)16-20-8-7-19-10-5-3-2-4-6-10/h2-6,9H,7-8H2,1H3,(H,16,18). The SMILES string of the molecule is Cn1nc(Cl)cc1C(=O)NOCCOc1ccccc1. The molecule has 1 N–H and O–H groups in total. The molecule has 1 aromatic carbocycles. The first-order chi connectivity index (χ1) is 9.66. The lowest BCUT2D eigenvalue weighted by Crippen LogP contribution is -2.27. The van der Waals surface area contributed by atoms with Crippen LogP contribution in [-0.2, 0) is 11.9 Å². The Hall–Kier alpha value is -2.05. The van der Waals surface area contributed by atoms with Gasteiger partial charge in [-0.1, -0.05) is 29.8 Å². The number of hydrogen-bond acceptors (Lipinski definition) is 4. The molecular formula is C13H14ClN3O3. The second-order valence-corrected chi connectivity index (χ2v) is 4.30. The molecular weight excluding hydrogens is 282 g/mol. The van der Waals surface area contributed by atoms with Crippen molar-refractivity contribution in [2.24, 2.45) is 7.05 Å². The van der Waals surface area contributed by atoms with Crippen LogP contribution in [0.1, 0.15) is 10.5 Å². The molecule has 0 aliphatic carbocycles. The lowest BCUT2D eigenvalue weighted by molar-refractivity contribution is 0.0193. The Morgan fingerprint density at radius 1 is 1.35 bits per heavy atom. The van der Waals surface area contributed by atoms with Gasteiger partial charge in [-0.3, -0.25) is 14.3 Å². The molecule has 0 atom stereocenters. The number of amides is 1. The Balaban J connectivity index is 1.68. The first-order valence-electron chi connectivity index (χ1n) is 5.96. The van der Waals surface area contributed by atoms with E-state index in [4.69, 9.17) is 21.2 Å². The van der Waals surface area contributed by atoms with E-state index in [0.29, 0.717) is 12.3 Å². The Labute approximate surface area is 121 Å². The zero-order valence-electron chi connectivity index (χ0n) is 10.9. The van der Waals surface area contributed by atoms with Crippen LogP contribution >= 0.6 is 11.6 Å². The number of ether oxygens (including phenoxy) is 1. The third-order valence-electron chi connectivity index (χ3n) is 2.44. The van der Waals surface area contributed by atoms with Crippen molar-refractivity contribution in [1.29, 1.82) is 0 Å². The second-order valence-electron chi connectivity index (χ2n) is 3.92. The van der Waals surface area contributed by atoms with E-state index >= 15 is 0 Å². The van der Waals surface area contributed by atoms with Crippen molar-refractivity contribution in [2.45, 2.75) is 0 Å². The van der Waals surface area contributed by atoms with E-state index in [1.807, 2.05) is 30.3 Å². The minimum absolute atomic E-state index is 0.228. The van der Waals surface area contributed by atoms with Crippen LogP contribution in [0.15, 0.2) is 36.4 Å². The van der Waals surface area contributed by atoms with Crippen LogP contribution in [0.3, 0.4) is 0 Å². The summed E-state index contributed by atoms with van der Waals surface area (Å²) in [7, 11) is 1.62. The summed E-state index contributed by atoms with van der Waals surface area (Å²) in [5.74, 6) is 0.340. The van der Waals surface area contributed by atoms with E-state index < -0.39 is 5.91 Å². The van der Waals surface area contributed by atoms with Gasteiger partial charge in [0.2, 0.25) is 0 Å². The topological polar surface area (TPSA) is 65.4 Å². The largest absolute Gasteiger partial charge is 0.491 e. The molecule has 2 rings (SSSR count). The van der Waals surface area contributed by atoms with Crippen LogP contribution in [-0.4, -0.2) is 28.9 Å². The van der Waals surface area contributed by atoms with Gasteiger partial charge >= 0.3 is 0 Å². The molecule has 0 unspecified atom stereocenters. The predicted molar refractivity (Wildman–Crippen MR) is 73.6 cm³/mol. The monoisotopic (exact) mass is 295 g/mol. The molecule has 0 saturated carbocycles. The number of para-hydroxylation sites is 1. The summed E-state index contributed by atoms with van der Waals surface area (Å²) < 4.78 is 6.78. The molecule has 0 spiro atoms. The van der Waals surface area contributed by atoms with Gasteiger partial charge in [0.15, 0.2) is 5.15 Å². The van der Waals surface area contributed by atoms with Crippen molar-refractivity contribution in [3.8, 4) is 5.75 Å². The van der Waals surface area contributed by atoms with Crippen molar-refractivity contribution >= 4 is 17.5 Å². The lowest BCUT2D eigenvalue weighted by atomic mass is 10.3. The van der Waals surface area contributed by atoms with Crippen LogP contribution in [0.5, 0.6) is 5.75 Å². The van der Waals surface area contributed by atoms with Crippen LogP contribution in [0, 0.1) is 0 Å². The highest BCUT2D eigenvalue weighted by molar-refractivity contribution is 6.29. The Morgan fingerprint density at radius 3 is 2.75 bits per heavy atom. The number of hydroxylamine groups is 1. The number of aryl methyl sites for hydroxylation is 1. The Kier molecular flexibility index (Phi) is 4.97. The fourth-order valence-corrected chi connectivity index (χ4v) is 1.75. The van der Waals surface area contributed by atoms with Gasteiger partial charge in [0.05, 0.1) is 0 Å².